The number of carboxylic acids is 1. The number of nitrogens with one attached hydrogen (secondary N) is 1. The molecular formula is C8H15NO2. The van der Waals surface area contributed by atoms with Gasteiger partial charge in [-0.25, -0.2) is 0 Å². The van der Waals surface area contributed by atoms with Crippen LogP contribution in [0.1, 0.15) is 33.6 Å². The number of aliphatic carboxylic acids is 1. The van der Waals surface area contributed by atoms with Gasteiger partial charge in [0.25, 0.3) is 0 Å². The SMILES string of the molecule is CCCC(=N)C(C)(C)C(=O)O. The van der Waals surface area contributed by atoms with Gasteiger partial charge >= 0.3 is 5.97 Å². The van der Waals surface area contributed by atoms with E-state index in [2.05, 4.69) is 0 Å². The fraction of sp³-hybridized carbons (Fsp3) is 0.750. The van der Waals surface area contributed by atoms with Gasteiger partial charge in [0.05, 0.1) is 5.41 Å². The molecule has 2 N–H and O–H groups in total. The maximum Gasteiger partial charge on any atom is 0.314 e. The molecule has 0 rings (SSSR count). The summed E-state index contributed by atoms with van der Waals surface area (Å²) in [4.78, 5) is 10.6. The van der Waals surface area contributed by atoms with Gasteiger partial charge in [-0.05, 0) is 20.3 Å². The van der Waals surface area contributed by atoms with Crippen LogP contribution in [-0.4, -0.2) is 16.8 Å². The van der Waals surface area contributed by atoms with Crippen LogP contribution in [0.3, 0.4) is 0 Å². The van der Waals surface area contributed by atoms with Crippen LogP contribution in [-0.2, 0) is 4.79 Å². The third kappa shape index (κ3) is 2.33. The quantitative estimate of drug-likeness (QED) is 0.612. The van der Waals surface area contributed by atoms with Crippen molar-refractivity contribution < 1.29 is 9.90 Å². The van der Waals surface area contributed by atoms with Crippen LogP contribution in [0.15, 0.2) is 0 Å². The van der Waals surface area contributed by atoms with Gasteiger partial charge in [0.2, 0.25) is 0 Å². The van der Waals surface area contributed by atoms with E-state index in [1.165, 1.54) is 0 Å². The lowest BCUT2D eigenvalue weighted by molar-refractivity contribution is -0.143. The molecule has 64 valence electrons. The second-order valence-corrected chi connectivity index (χ2v) is 3.16. The molecule has 0 unspecified atom stereocenters. The van der Waals surface area contributed by atoms with Gasteiger partial charge in [-0.2, -0.15) is 0 Å². The van der Waals surface area contributed by atoms with Crippen molar-refractivity contribution in [1.82, 2.24) is 0 Å². The summed E-state index contributed by atoms with van der Waals surface area (Å²) in [6.45, 7) is 5.06. The second-order valence-electron chi connectivity index (χ2n) is 3.16. The van der Waals surface area contributed by atoms with E-state index in [0.29, 0.717) is 12.1 Å². The summed E-state index contributed by atoms with van der Waals surface area (Å²) in [5, 5.41) is 16.1. The number of carbonyl (C=O) groups is 1. The van der Waals surface area contributed by atoms with Crippen molar-refractivity contribution in [2.45, 2.75) is 33.6 Å². The Bertz CT molecular complexity index is 173. The molecule has 0 aromatic heterocycles. The van der Waals surface area contributed by atoms with Gasteiger partial charge in [0.1, 0.15) is 0 Å². The molecular weight excluding hydrogens is 142 g/mol. The summed E-state index contributed by atoms with van der Waals surface area (Å²) in [5.74, 6) is -0.920. The molecule has 0 saturated heterocycles. The first kappa shape index (κ1) is 10.1. The monoisotopic (exact) mass is 157 g/mol. The zero-order chi connectivity index (χ0) is 9.07. The smallest absolute Gasteiger partial charge is 0.314 e. The highest BCUT2D eigenvalue weighted by Gasteiger charge is 2.31. The normalized spacial score (nSPS) is 11.2. The molecule has 0 fully saturated rings. The Morgan fingerprint density at radius 2 is 2.00 bits per heavy atom. The lowest BCUT2D eigenvalue weighted by Gasteiger charge is -2.19. The minimum atomic E-state index is -0.990. The maximum atomic E-state index is 10.6. The van der Waals surface area contributed by atoms with E-state index in [1.807, 2.05) is 6.92 Å². The molecule has 0 saturated carbocycles. The van der Waals surface area contributed by atoms with E-state index in [9.17, 15) is 4.79 Å². The minimum absolute atomic E-state index is 0.299. The van der Waals surface area contributed by atoms with E-state index < -0.39 is 11.4 Å². The number of rotatable bonds is 4. The second kappa shape index (κ2) is 3.51. The van der Waals surface area contributed by atoms with Crippen LogP contribution in [0.25, 0.3) is 0 Å². The lowest BCUT2D eigenvalue weighted by Crippen LogP contribution is -2.32. The Kier molecular flexibility index (Phi) is 3.23. The third-order valence-corrected chi connectivity index (χ3v) is 1.79. The third-order valence-electron chi connectivity index (χ3n) is 1.79. The Hall–Kier alpha value is -0.860. The van der Waals surface area contributed by atoms with Gasteiger partial charge in [-0.1, -0.05) is 13.3 Å². The molecule has 0 aromatic carbocycles. The number of carboxylic acid groups (broad SMARTS) is 1. The topological polar surface area (TPSA) is 61.2 Å². The first-order valence-electron chi connectivity index (χ1n) is 3.74. The van der Waals surface area contributed by atoms with Crippen LogP contribution in [0.2, 0.25) is 0 Å². The van der Waals surface area contributed by atoms with Gasteiger partial charge < -0.3 is 10.5 Å². The molecule has 0 spiro atoms. The van der Waals surface area contributed by atoms with E-state index in [0.717, 1.165) is 6.42 Å². The van der Waals surface area contributed by atoms with Crippen molar-refractivity contribution in [3.63, 3.8) is 0 Å². The largest absolute Gasteiger partial charge is 0.481 e. The highest BCUT2D eigenvalue weighted by atomic mass is 16.4. The Morgan fingerprint density at radius 3 is 2.27 bits per heavy atom. The van der Waals surface area contributed by atoms with Crippen LogP contribution < -0.4 is 0 Å². The molecule has 3 heteroatoms. The molecule has 0 aromatic rings. The molecule has 0 aliphatic heterocycles. The number of hydrogen-bond acceptors (Lipinski definition) is 2. The Balaban J connectivity index is 4.30. The Morgan fingerprint density at radius 1 is 1.55 bits per heavy atom. The molecule has 0 aliphatic rings. The minimum Gasteiger partial charge on any atom is -0.481 e. The zero-order valence-electron chi connectivity index (χ0n) is 7.27. The van der Waals surface area contributed by atoms with Crippen molar-refractivity contribution in [1.29, 1.82) is 5.41 Å². The first-order chi connectivity index (χ1) is 4.92. The van der Waals surface area contributed by atoms with Crippen LogP contribution in [0.5, 0.6) is 0 Å². The van der Waals surface area contributed by atoms with E-state index >= 15 is 0 Å². The molecule has 0 atom stereocenters. The molecule has 0 amide bonds. The van der Waals surface area contributed by atoms with Crippen molar-refractivity contribution in [3.8, 4) is 0 Å². The van der Waals surface area contributed by atoms with Gasteiger partial charge in [-0.15, -0.1) is 0 Å². The number of hydrogen-bond donors (Lipinski definition) is 2. The maximum absolute atomic E-state index is 10.6. The Labute approximate surface area is 66.9 Å². The fourth-order valence-electron chi connectivity index (χ4n) is 0.692. The highest BCUT2D eigenvalue weighted by molar-refractivity contribution is 6.03. The summed E-state index contributed by atoms with van der Waals surface area (Å²) < 4.78 is 0. The average molecular weight is 157 g/mol. The van der Waals surface area contributed by atoms with Crippen LogP contribution >= 0.6 is 0 Å². The first-order valence-corrected chi connectivity index (χ1v) is 3.74. The standard InChI is InChI=1S/C8H15NO2/c1-4-5-6(9)8(2,3)7(10)11/h9H,4-5H2,1-3H3,(H,10,11). The summed E-state index contributed by atoms with van der Waals surface area (Å²) in [6, 6.07) is 0. The zero-order valence-corrected chi connectivity index (χ0v) is 7.27. The molecule has 11 heavy (non-hydrogen) atoms. The summed E-state index contributed by atoms with van der Waals surface area (Å²) in [7, 11) is 0. The van der Waals surface area contributed by atoms with Gasteiger partial charge in [-0.3, -0.25) is 4.79 Å². The molecule has 3 nitrogen and oxygen atoms in total. The lowest BCUT2D eigenvalue weighted by atomic mass is 9.85. The van der Waals surface area contributed by atoms with Gasteiger partial charge in [0, 0.05) is 5.71 Å². The predicted molar refractivity (Wildman–Crippen MR) is 44.1 cm³/mol. The van der Waals surface area contributed by atoms with Crippen molar-refractivity contribution >= 4 is 11.7 Å². The summed E-state index contributed by atoms with van der Waals surface area (Å²) in [6.07, 6.45) is 1.40. The van der Waals surface area contributed by atoms with Crippen molar-refractivity contribution in [2.75, 3.05) is 0 Å². The fourth-order valence-corrected chi connectivity index (χ4v) is 0.692. The van der Waals surface area contributed by atoms with Crippen LogP contribution in [0, 0.1) is 10.8 Å². The highest BCUT2D eigenvalue weighted by Crippen LogP contribution is 2.19. The van der Waals surface area contributed by atoms with Gasteiger partial charge in [0.15, 0.2) is 0 Å². The van der Waals surface area contributed by atoms with E-state index in [4.69, 9.17) is 10.5 Å². The average Bonchev–Trinajstić information content (AvgIpc) is 1.88. The predicted octanol–water partition coefficient (Wildman–Crippen LogP) is 1.92. The van der Waals surface area contributed by atoms with E-state index in [1.54, 1.807) is 13.8 Å². The van der Waals surface area contributed by atoms with Crippen molar-refractivity contribution in [2.24, 2.45) is 5.41 Å². The molecule has 0 aliphatic carbocycles. The molecule has 0 bridgehead atoms. The van der Waals surface area contributed by atoms with Crippen molar-refractivity contribution in [3.05, 3.63) is 0 Å². The van der Waals surface area contributed by atoms with Crippen LogP contribution in [0.4, 0.5) is 0 Å². The summed E-state index contributed by atoms with van der Waals surface area (Å²) >= 11 is 0. The molecule has 0 heterocycles. The summed E-state index contributed by atoms with van der Waals surface area (Å²) in [5.41, 5.74) is -0.691. The molecule has 0 radical (unpaired) electrons. The van der Waals surface area contributed by atoms with E-state index in [-0.39, 0.29) is 0 Å².